The van der Waals surface area contributed by atoms with Gasteiger partial charge in [0.1, 0.15) is 5.82 Å². The van der Waals surface area contributed by atoms with Gasteiger partial charge in [-0.3, -0.25) is 8.37 Å². The van der Waals surface area contributed by atoms with Crippen LogP contribution < -0.4 is 0 Å². The lowest BCUT2D eigenvalue weighted by Gasteiger charge is -2.00. The van der Waals surface area contributed by atoms with Gasteiger partial charge in [-0.1, -0.05) is 12.1 Å². The summed E-state index contributed by atoms with van der Waals surface area (Å²) in [6, 6.07) is 5.88. The molecule has 0 fully saturated rings. The van der Waals surface area contributed by atoms with Gasteiger partial charge in [0.05, 0.1) is 13.7 Å². The van der Waals surface area contributed by atoms with E-state index in [-0.39, 0.29) is 12.4 Å². The van der Waals surface area contributed by atoms with Crippen LogP contribution in [0.15, 0.2) is 24.3 Å². The van der Waals surface area contributed by atoms with E-state index >= 15 is 0 Å². The SMILES string of the molecule is COS(=O)OCc1cccc(F)c1. The quantitative estimate of drug-likeness (QED) is 0.746. The summed E-state index contributed by atoms with van der Waals surface area (Å²) < 4.78 is 32.3. The molecule has 1 atom stereocenters. The average Bonchev–Trinajstić information content (AvgIpc) is 2.14. The Bertz CT molecular complexity index is 303. The molecule has 0 spiro atoms. The molecule has 72 valence electrons. The molecule has 0 radical (unpaired) electrons. The Labute approximate surface area is 78.3 Å². The van der Waals surface area contributed by atoms with Crippen molar-refractivity contribution in [2.75, 3.05) is 7.11 Å². The van der Waals surface area contributed by atoms with Crippen molar-refractivity contribution in [2.24, 2.45) is 0 Å². The Morgan fingerprint density at radius 2 is 2.31 bits per heavy atom. The van der Waals surface area contributed by atoms with E-state index in [2.05, 4.69) is 4.18 Å². The van der Waals surface area contributed by atoms with Crippen LogP contribution in [0.5, 0.6) is 0 Å². The summed E-state index contributed by atoms with van der Waals surface area (Å²) in [6.07, 6.45) is 0. The van der Waals surface area contributed by atoms with Gasteiger partial charge >= 0.3 is 11.4 Å². The van der Waals surface area contributed by atoms with E-state index < -0.39 is 11.4 Å². The van der Waals surface area contributed by atoms with Crippen LogP contribution in [0.1, 0.15) is 5.56 Å². The van der Waals surface area contributed by atoms with E-state index in [9.17, 15) is 8.60 Å². The van der Waals surface area contributed by atoms with E-state index in [0.29, 0.717) is 5.56 Å². The molecule has 1 rings (SSSR count). The summed E-state index contributed by atoms with van der Waals surface area (Å²) in [7, 11) is 1.27. The number of hydrogen-bond donors (Lipinski definition) is 0. The van der Waals surface area contributed by atoms with Gasteiger partial charge in [-0.2, -0.15) is 4.21 Å². The van der Waals surface area contributed by atoms with Crippen molar-refractivity contribution in [2.45, 2.75) is 6.61 Å². The molecule has 0 bridgehead atoms. The summed E-state index contributed by atoms with van der Waals surface area (Å²) in [5.74, 6) is -0.343. The normalized spacial score (nSPS) is 12.8. The van der Waals surface area contributed by atoms with Crippen molar-refractivity contribution < 1.29 is 17.0 Å². The first-order chi connectivity index (χ1) is 6.22. The second kappa shape index (κ2) is 5.06. The molecule has 0 saturated carbocycles. The first kappa shape index (κ1) is 10.3. The Hall–Kier alpha value is -0.780. The number of halogens is 1. The molecule has 13 heavy (non-hydrogen) atoms. The average molecular weight is 204 g/mol. The summed E-state index contributed by atoms with van der Waals surface area (Å²) >= 11 is -1.76. The fourth-order valence-corrected chi connectivity index (χ4v) is 1.12. The first-order valence-electron chi connectivity index (χ1n) is 3.56. The lowest BCUT2D eigenvalue weighted by Crippen LogP contribution is -1.99. The zero-order chi connectivity index (χ0) is 9.68. The van der Waals surface area contributed by atoms with Crippen LogP contribution in [0.3, 0.4) is 0 Å². The molecule has 0 heterocycles. The summed E-state index contributed by atoms with van der Waals surface area (Å²) in [4.78, 5) is 0. The molecule has 0 aliphatic heterocycles. The van der Waals surface area contributed by atoms with Crippen LogP contribution in [0, 0.1) is 5.82 Å². The Morgan fingerprint density at radius 3 is 2.92 bits per heavy atom. The lowest BCUT2D eigenvalue weighted by molar-refractivity contribution is 0.273. The molecule has 0 aliphatic rings. The molecule has 0 saturated heterocycles. The standard InChI is InChI=1S/C8H9FO3S/c1-11-13(10)12-6-7-3-2-4-8(9)5-7/h2-5H,6H2,1H3. The van der Waals surface area contributed by atoms with Gasteiger partial charge in [0, 0.05) is 0 Å². The minimum absolute atomic E-state index is 0.0677. The Balaban J connectivity index is 2.50. The second-order valence-corrected chi connectivity index (χ2v) is 3.24. The highest BCUT2D eigenvalue weighted by Gasteiger charge is 1.99. The fourth-order valence-electron chi connectivity index (χ4n) is 0.791. The second-order valence-electron chi connectivity index (χ2n) is 2.26. The molecular formula is C8H9FO3S. The molecule has 5 heteroatoms. The minimum Gasteiger partial charge on any atom is -0.272 e. The molecule has 1 unspecified atom stereocenters. The summed E-state index contributed by atoms with van der Waals surface area (Å²) in [5, 5.41) is 0. The van der Waals surface area contributed by atoms with Crippen molar-refractivity contribution in [1.29, 1.82) is 0 Å². The van der Waals surface area contributed by atoms with Crippen molar-refractivity contribution >= 4 is 11.4 Å². The van der Waals surface area contributed by atoms with Gasteiger partial charge in [0.2, 0.25) is 0 Å². The van der Waals surface area contributed by atoms with E-state index in [4.69, 9.17) is 4.18 Å². The molecular weight excluding hydrogens is 195 g/mol. The van der Waals surface area contributed by atoms with E-state index in [0.717, 1.165) is 0 Å². The van der Waals surface area contributed by atoms with Crippen molar-refractivity contribution in [3.8, 4) is 0 Å². The maximum absolute atomic E-state index is 12.6. The molecule has 0 aromatic heterocycles. The van der Waals surface area contributed by atoms with Crippen molar-refractivity contribution in [3.05, 3.63) is 35.6 Å². The molecule has 0 amide bonds. The van der Waals surface area contributed by atoms with Crippen molar-refractivity contribution in [3.63, 3.8) is 0 Å². The monoisotopic (exact) mass is 204 g/mol. The van der Waals surface area contributed by atoms with E-state index in [1.165, 1.54) is 19.2 Å². The smallest absolute Gasteiger partial charge is 0.272 e. The highest BCUT2D eigenvalue weighted by Crippen LogP contribution is 2.05. The predicted octanol–water partition coefficient (Wildman–Crippen LogP) is 1.57. The Morgan fingerprint density at radius 1 is 1.54 bits per heavy atom. The van der Waals surface area contributed by atoms with Crippen LogP contribution in [0.25, 0.3) is 0 Å². The number of benzene rings is 1. The molecule has 1 aromatic rings. The lowest BCUT2D eigenvalue weighted by atomic mass is 10.2. The largest absolute Gasteiger partial charge is 0.304 e. The zero-order valence-electron chi connectivity index (χ0n) is 7.03. The third-order valence-electron chi connectivity index (χ3n) is 1.35. The van der Waals surface area contributed by atoms with Crippen LogP contribution in [-0.4, -0.2) is 11.3 Å². The van der Waals surface area contributed by atoms with Gasteiger partial charge in [0.15, 0.2) is 0 Å². The van der Waals surface area contributed by atoms with E-state index in [1.54, 1.807) is 12.1 Å². The summed E-state index contributed by atoms with van der Waals surface area (Å²) in [6.45, 7) is 0.0677. The fraction of sp³-hybridized carbons (Fsp3) is 0.250. The van der Waals surface area contributed by atoms with Crippen LogP contribution in [0.4, 0.5) is 4.39 Å². The summed E-state index contributed by atoms with van der Waals surface area (Å²) in [5.41, 5.74) is 0.616. The topological polar surface area (TPSA) is 35.5 Å². The van der Waals surface area contributed by atoms with Crippen LogP contribution in [0.2, 0.25) is 0 Å². The maximum Gasteiger partial charge on any atom is 0.304 e. The van der Waals surface area contributed by atoms with Gasteiger partial charge in [0.25, 0.3) is 0 Å². The van der Waals surface area contributed by atoms with Gasteiger partial charge in [-0.15, -0.1) is 0 Å². The Kier molecular flexibility index (Phi) is 4.01. The van der Waals surface area contributed by atoms with Crippen LogP contribution in [-0.2, 0) is 26.3 Å². The van der Waals surface area contributed by atoms with Crippen LogP contribution >= 0.6 is 0 Å². The third-order valence-corrected chi connectivity index (χ3v) is 1.93. The van der Waals surface area contributed by atoms with E-state index in [1.807, 2.05) is 0 Å². The molecule has 1 aromatic carbocycles. The van der Waals surface area contributed by atoms with Crippen molar-refractivity contribution in [1.82, 2.24) is 0 Å². The zero-order valence-corrected chi connectivity index (χ0v) is 7.84. The predicted molar refractivity (Wildman–Crippen MR) is 46.3 cm³/mol. The number of rotatable bonds is 4. The first-order valence-corrected chi connectivity index (χ1v) is 4.56. The highest BCUT2D eigenvalue weighted by atomic mass is 32.2. The molecule has 0 N–H and O–H groups in total. The number of hydrogen-bond acceptors (Lipinski definition) is 3. The van der Waals surface area contributed by atoms with Gasteiger partial charge in [-0.25, -0.2) is 4.39 Å². The van der Waals surface area contributed by atoms with Gasteiger partial charge < -0.3 is 0 Å². The highest BCUT2D eigenvalue weighted by molar-refractivity contribution is 7.75. The molecule has 3 nitrogen and oxygen atoms in total. The third kappa shape index (κ3) is 3.63. The van der Waals surface area contributed by atoms with Gasteiger partial charge in [-0.05, 0) is 17.7 Å². The minimum atomic E-state index is -1.76. The maximum atomic E-state index is 12.6. The molecule has 0 aliphatic carbocycles.